The van der Waals surface area contributed by atoms with Crippen molar-refractivity contribution in [1.82, 2.24) is 0 Å². The van der Waals surface area contributed by atoms with Crippen LogP contribution in [0.4, 0.5) is 5.69 Å². The van der Waals surface area contributed by atoms with E-state index < -0.39 is 0 Å². The molecule has 0 spiro atoms. The molecule has 0 aliphatic carbocycles. The molecule has 84 valence electrons. The zero-order valence-corrected chi connectivity index (χ0v) is 9.92. The molecule has 0 amide bonds. The molecule has 0 atom stereocenters. The molecule has 0 unspecified atom stereocenters. The first kappa shape index (κ1) is 11.1. The first-order valence-electron chi connectivity index (χ1n) is 5.35. The second-order valence-corrected chi connectivity index (χ2v) is 4.02. The van der Waals surface area contributed by atoms with Gasteiger partial charge >= 0.3 is 0 Å². The Bertz CT molecular complexity index is 447. The third kappa shape index (κ3) is 2.80. The average Bonchev–Trinajstić information content (AvgIpc) is 2.76. The molecule has 2 nitrogen and oxygen atoms in total. The van der Waals surface area contributed by atoms with E-state index in [9.17, 15) is 0 Å². The predicted molar refractivity (Wildman–Crippen MR) is 66.9 cm³/mol. The highest BCUT2D eigenvalue weighted by Crippen LogP contribution is 2.15. The van der Waals surface area contributed by atoms with Crippen molar-refractivity contribution in [2.45, 2.75) is 19.9 Å². The predicted octanol–water partition coefficient (Wildman–Crippen LogP) is 4.11. The van der Waals surface area contributed by atoms with Crippen molar-refractivity contribution in [2.24, 2.45) is 0 Å². The van der Waals surface area contributed by atoms with Gasteiger partial charge in [0.05, 0.1) is 6.54 Å². The normalized spacial score (nSPS) is 10.4. The lowest BCUT2D eigenvalue weighted by Crippen LogP contribution is -1.97. The molecule has 0 aliphatic rings. The summed E-state index contributed by atoms with van der Waals surface area (Å²) in [5, 5.41) is 4.02. The summed E-state index contributed by atoms with van der Waals surface area (Å²) in [6.45, 7) is 2.77. The van der Waals surface area contributed by atoms with Crippen molar-refractivity contribution in [3.8, 4) is 0 Å². The Kier molecular flexibility index (Phi) is 3.52. The highest BCUT2D eigenvalue weighted by molar-refractivity contribution is 6.30. The number of rotatable bonds is 4. The van der Waals surface area contributed by atoms with E-state index in [-0.39, 0.29) is 0 Å². The van der Waals surface area contributed by atoms with Gasteiger partial charge in [-0.15, -0.1) is 0 Å². The molecule has 1 N–H and O–H groups in total. The van der Waals surface area contributed by atoms with E-state index in [1.54, 1.807) is 0 Å². The smallest absolute Gasteiger partial charge is 0.123 e. The number of nitrogens with one attached hydrogen (secondary N) is 1. The summed E-state index contributed by atoms with van der Waals surface area (Å²) in [6, 6.07) is 11.6. The fraction of sp³-hybridized carbons (Fsp3) is 0.231. The maximum atomic E-state index is 5.80. The van der Waals surface area contributed by atoms with Crippen molar-refractivity contribution in [1.29, 1.82) is 0 Å². The highest BCUT2D eigenvalue weighted by Gasteiger charge is 2.00. The van der Waals surface area contributed by atoms with Gasteiger partial charge in [-0.1, -0.05) is 18.5 Å². The molecule has 2 rings (SSSR count). The van der Waals surface area contributed by atoms with Crippen LogP contribution in [-0.4, -0.2) is 0 Å². The molecule has 1 aromatic carbocycles. The van der Waals surface area contributed by atoms with Crippen LogP contribution in [0.3, 0.4) is 0 Å². The van der Waals surface area contributed by atoms with Gasteiger partial charge in [0.15, 0.2) is 0 Å². The minimum atomic E-state index is 0.696. The standard InChI is InChI=1S/C13H14ClNO/c1-2-12-7-8-13(16-12)9-15-11-5-3-10(14)4-6-11/h3-8,15H,2,9H2,1H3. The number of benzene rings is 1. The van der Waals surface area contributed by atoms with Crippen LogP contribution in [0.25, 0.3) is 0 Å². The molecule has 0 aliphatic heterocycles. The van der Waals surface area contributed by atoms with Crippen molar-refractivity contribution >= 4 is 17.3 Å². The second-order valence-electron chi connectivity index (χ2n) is 3.58. The highest BCUT2D eigenvalue weighted by atomic mass is 35.5. The summed E-state index contributed by atoms with van der Waals surface area (Å²) in [4.78, 5) is 0. The lowest BCUT2D eigenvalue weighted by molar-refractivity contribution is 0.476. The van der Waals surface area contributed by atoms with Gasteiger partial charge in [-0.25, -0.2) is 0 Å². The fourth-order valence-electron chi connectivity index (χ4n) is 1.46. The molecule has 16 heavy (non-hydrogen) atoms. The van der Waals surface area contributed by atoms with E-state index in [1.165, 1.54) is 0 Å². The van der Waals surface area contributed by atoms with Crippen LogP contribution in [0.5, 0.6) is 0 Å². The van der Waals surface area contributed by atoms with Crippen LogP contribution in [0.15, 0.2) is 40.8 Å². The van der Waals surface area contributed by atoms with Gasteiger partial charge in [0.25, 0.3) is 0 Å². The monoisotopic (exact) mass is 235 g/mol. The van der Waals surface area contributed by atoms with Crippen LogP contribution in [0.1, 0.15) is 18.4 Å². The SMILES string of the molecule is CCc1ccc(CNc2ccc(Cl)cc2)o1. The van der Waals surface area contributed by atoms with Gasteiger partial charge in [-0.05, 0) is 36.4 Å². The van der Waals surface area contributed by atoms with E-state index in [2.05, 4.69) is 12.2 Å². The zero-order chi connectivity index (χ0) is 11.4. The van der Waals surface area contributed by atoms with Gasteiger partial charge in [0.1, 0.15) is 11.5 Å². The summed E-state index contributed by atoms with van der Waals surface area (Å²) in [7, 11) is 0. The summed E-state index contributed by atoms with van der Waals surface area (Å²) in [5.74, 6) is 1.97. The topological polar surface area (TPSA) is 25.2 Å². The van der Waals surface area contributed by atoms with Gasteiger partial charge < -0.3 is 9.73 Å². The number of hydrogen-bond donors (Lipinski definition) is 1. The number of anilines is 1. The average molecular weight is 236 g/mol. The minimum Gasteiger partial charge on any atom is -0.464 e. The largest absolute Gasteiger partial charge is 0.464 e. The van der Waals surface area contributed by atoms with Crippen molar-refractivity contribution in [2.75, 3.05) is 5.32 Å². The maximum Gasteiger partial charge on any atom is 0.123 e. The fourth-order valence-corrected chi connectivity index (χ4v) is 1.59. The third-order valence-corrected chi connectivity index (χ3v) is 2.63. The summed E-state index contributed by atoms with van der Waals surface area (Å²) >= 11 is 5.80. The van der Waals surface area contributed by atoms with Crippen molar-refractivity contribution < 1.29 is 4.42 Å². The molecule has 0 saturated carbocycles. The van der Waals surface area contributed by atoms with Crippen molar-refractivity contribution in [3.05, 3.63) is 52.9 Å². The number of furan rings is 1. The number of hydrogen-bond acceptors (Lipinski definition) is 2. The summed E-state index contributed by atoms with van der Waals surface area (Å²) in [6.07, 6.45) is 0.931. The van der Waals surface area contributed by atoms with Crippen LogP contribution in [-0.2, 0) is 13.0 Å². The van der Waals surface area contributed by atoms with Crippen LogP contribution in [0, 0.1) is 0 Å². The Labute approximate surface area is 100 Å². The van der Waals surface area contributed by atoms with Gasteiger partial charge in [0.2, 0.25) is 0 Å². The first-order valence-corrected chi connectivity index (χ1v) is 5.73. The lowest BCUT2D eigenvalue weighted by Gasteiger charge is -2.03. The van der Waals surface area contributed by atoms with Gasteiger partial charge in [0, 0.05) is 17.1 Å². The molecule has 0 bridgehead atoms. The van der Waals surface area contributed by atoms with Crippen molar-refractivity contribution in [3.63, 3.8) is 0 Å². The van der Waals surface area contributed by atoms with E-state index in [0.29, 0.717) is 6.54 Å². The molecule has 2 aromatic rings. The maximum absolute atomic E-state index is 5.80. The van der Waals surface area contributed by atoms with E-state index in [4.69, 9.17) is 16.0 Å². The Hall–Kier alpha value is -1.41. The number of aryl methyl sites for hydroxylation is 1. The molecule has 1 aromatic heterocycles. The quantitative estimate of drug-likeness (QED) is 0.863. The molecular weight excluding hydrogens is 222 g/mol. The van der Waals surface area contributed by atoms with E-state index in [1.807, 2.05) is 36.4 Å². The first-order chi connectivity index (χ1) is 7.78. The van der Waals surface area contributed by atoms with Crippen LogP contribution < -0.4 is 5.32 Å². The second kappa shape index (κ2) is 5.08. The number of halogens is 1. The van der Waals surface area contributed by atoms with Gasteiger partial charge in [-0.2, -0.15) is 0 Å². The van der Waals surface area contributed by atoms with Crippen LogP contribution >= 0.6 is 11.6 Å². The zero-order valence-electron chi connectivity index (χ0n) is 9.16. The lowest BCUT2D eigenvalue weighted by atomic mass is 10.3. The summed E-state index contributed by atoms with van der Waals surface area (Å²) in [5.41, 5.74) is 1.04. The molecule has 0 saturated heterocycles. The Morgan fingerprint density at radius 2 is 1.75 bits per heavy atom. The van der Waals surface area contributed by atoms with E-state index in [0.717, 1.165) is 28.7 Å². The Morgan fingerprint density at radius 3 is 2.38 bits per heavy atom. The molecule has 0 fully saturated rings. The minimum absolute atomic E-state index is 0.696. The van der Waals surface area contributed by atoms with E-state index >= 15 is 0 Å². The summed E-state index contributed by atoms with van der Waals surface area (Å²) < 4.78 is 5.59. The Balaban J connectivity index is 1.94. The molecular formula is C13H14ClNO. The van der Waals surface area contributed by atoms with Crippen LogP contribution in [0.2, 0.25) is 5.02 Å². The molecule has 1 heterocycles. The van der Waals surface area contributed by atoms with Gasteiger partial charge in [-0.3, -0.25) is 0 Å². The molecule has 3 heteroatoms. The molecule has 0 radical (unpaired) electrons. The third-order valence-electron chi connectivity index (χ3n) is 2.38. The Morgan fingerprint density at radius 1 is 1.06 bits per heavy atom.